The maximum Gasteiger partial charge on any atom is 0.331 e. The van der Waals surface area contributed by atoms with Crippen LogP contribution in [0.2, 0.25) is 5.02 Å². The van der Waals surface area contributed by atoms with Crippen LogP contribution >= 0.6 is 11.6 Å². The second-order valence-corrected chi connectivity index (χ2v) is 3.76. The predicted octanol–water partition coefficient (Wildman–Crippen LogP) is 2.66. The lowest BCUT2D eigenvalue weighted by Crippen LogP contribution is -2.02. The van der Waals surface area contributed by atoms with E-state index in [0.717, 1.165) is 0 Å². The van der Waals surface area contributed by atoms with Crippen molar-refractivity contribution in [1.82, 2.24) is 0 Å². The van der Waals surface area contributed by atoms with Gasteiger partial charge in [-0.05, 0) is 19.1 Å². The molecule has 96 valence electrons. The van der Waals surface area contributed by atoms with Crippen molar-refractivity contribution in [2.45, 2.75) is 6.92 Å². The molecule has 0 atom stereocenters. The van der Waals surface area contributed by atoms with Crippen molar-refractivity contribution in [2.75, 3.05) is 6.61 Å². The third kappa shape index (κ3) is 3.46. The number of halogens is 1. The minimum absolute atomic E-state index is 0.0707. The van der Waals surface area contributed by atoms with E-state index in [9.17, 15) is 14.9 Å². The fourth-order valence-corrected chi connectivity index (χ4v) is 1.35. The molecule has 0 fully saturated rings. The van der Waals surface area contributed by atoms with E-state index in [2.05, 4.69) is 0 Å². The largest absolute Gasteiger partial charge is 0.482 e. The molecule has 0 spiro atoms. The van der Waals surface area contributed by atoms with Crippen LogP contribution in [0.5, 0.6) is 5.75 Å². The topological polar surface area (TPSA) is 89.7 Å². The van der Waals surface area contributed by atoms with Crippen LogP contribution in [0.15, 0.2) is 29.8 Å². The van der Waals surface area contributed by atoms with Crippen molar-refractivity contribution in [2.24, 2.45) is 0 Å². The average Bonchev–Trinajstić information content (AvgIpc) is 2.30. The first-order chi connectivity index (χ1) is 8.43. The highest BCUT2D eigenvalue weighted by molar-refractivity contribution is 6.32. The summed E-state index contributed by atoms with van der Waals surface area (Å²) in [6.45, 7) is 1.29. The Balaban J connectivity index is 2.88. The maximum atomic E-state index is 10.7. The van der Waals surface area contributed by atoms with E-state index in [1.807, 2.05) is 0 Å². The summed E-state index contributed by atoms with van der Waals surface area (Å²) >= 11 is 5.78. The van der Waals surface area contributed by atoms with Crippen molar-refractivity contribution in [3.63, 3.8) is 0 Å². The lowest BCUT2D eigenvalue weighted by atomic mass is 10.3. The molecule has 0 radical (unpaired) electrons. The first-order valence-corrected chi connectivity index (χ1v) is 5.27. The molecule has 18 heavy (non-hydrogen) atoms. The van der Waals surface area contributed by atoms with E-state index in [4.69, 9.17) is 21.4 Å². The Hall–Kier alpha value is -2.08. The number of carboxylic acid groups (broad SMARTS) is 1. The number of para-hydroxylation sites is 1. The third-order valence-electron chi connectivity index (χ3n) is 2.10. The summed E-state index contributed by atoms with van der Waals surface area (Å²) in [5.41, 5.74) is -0.173. The number of nitro benzene ring substituents is 1. The Kier molecular flexibility index (Phi) is 4.67. The van der Waals surface area contributed by atoms with Crippen LogP contribution in [-0.2, 0) is 4.79 Å². The van der Waals surface area contributed by atoms with E-state index in [1.54, 1.807) is 0 Å². The first kappa shape index (κ1) is 14.0. The molecule has 0 amide bonds. The molecule has 0 unspecified atom stereocenters. The molecule has 0 aliphatic heterocycles. The van der Waals surface area contributed by atoms with Gasteiger partial charge in [0.15, 0.2) is 0 Å². The summed E-state index contributed by atoms with van der Waals surface area (Å²) in [6.07, 6.45) is 1.30. The molecule has 0 bridgehead atoms. The van der Waals surface area contributed by atoms with Crippen LogP contribution < -0.4 is 4.74 Å². The molecule has 0 saturated carbocycles. The van der Waals surface area contributed by atoms with Crippen molar-refractivity contribution < 1.29 is 19.6 Å². The molecular weight excluding hydrogens is 262 g/mol. The molecule has 1 N–H and O–H groups in total. The van der Waals surface area contributed by atoms with Gasteiger partial charge in [0.05, 0.1) is 9.95 Å². The maximum absolute atomic E-state index is 10.7. The normalized spacial score (nSPS) is 11.1. The molecule has 0 aliphatic rings. The highest BCUT2D eigenvalue weighted by Gasteiger charge is 2.17. The van der Waals surface area contributed by atoms with Crippen LogP contribution in [0.3, 0.4) is 0 Å². The highest BCUT2D eigenvalue weighted by atomic mass is 35.5. The Morgan fingerprint density at radius 2 is 2.28 bits per heavy atom. The van der Waals surface area contributed by atoms with Crippen LogP contribution in [0.4, 0.5) is 5.69 Å². The van der Waals surface area contributed by atoms with E-state index >= 15 is 0 Å². The summed E-state index contributed by atoms with van der Waals surface area (Å²) in [7, 11) is 0. The number of nitrogens with zero attached hydrogens (tertiary/aromatic N) is 1. The summed E-state index contributed by atoms with van der Waals surface area (Å²) in [5, 5.41) is 19.5. The van der Waals surface area contributed by atoms with E-state index in [-0.39, 0.29) is 28.6 Å². The van der Waals surface area contributed by atoms with Gasteiger partial charge in [-0.15, -0.1) is 0 Å². The van der Waals surface area contributed by atoms with Gasteiger partial charge in [-0.3, -0.25) is 10.1 Å². The fraction of sp³-hybridized carbons (Fsp3) is 0.182. The second kappa shape index (κ2) is 6.02. The molecule has 0 aromatic heterocycles. The standard InChI is InChI=1S/C11H10ClNO5/c1-7(11(14)15)5-6-18-10-8(12)3-2-4-9(10)13(16)17/h2-5H,6H2,1H3,(H,14,15)/b7-5-. The van der Waals surface area contributed by atoms with Gasteiger partial charge < -0.3 is 9.84 Å². The number of benzene rings is 1. The summed E-state index contributed by atoms with van der Waals surface area (Å²) in [5.74, 6) is -1.15. The van der Waals surface area contributed by atoms with Gasteiger partial charge in [0.1, 0.15) is 6.61 Å². The lowest BCUT2D eigenvalue weighted by Gasteiger charge is -2.06. The van der Waals surface area contributed by atoms with Crippen LogP contribution in [-0.4, -0.2) is 22.6 Å². The third-order valence-corrected chi connectivity index (χ3v) is 2.40. The number of nitro groups is 1. The van der Waals surface area contributed by atoms with Crippen molar-refractivity contribution >= 4 is 23.3 Å². The van der Waals surface area contributed by atoms with Gasteiger partial charge in [0.2, 0.25) is 5.75 Å². The molecule has 1 aromatic carbocycles. The van der Waals surface area contributed by atoms with Gasteiger partial charge in [0.25, 0.3) is 0 Å². The smallest absolute Gasteiger partial charge is 0.331 e. The number of carboxylic acids is 1. The Labute approximate surface area is 108 Å². The number of aliphatic carboxylic acids is 1. The Morgan fingerprint density at radius 1 is 1.61 bits per heavy atom. The lowest BCUT2D eigenvalue weighted by molar-refractivity contribution is -0.385. The molecular formula is C11H10ClNO5. The molecule has 1 rings (SSSR count). The molecule has 0 saturated heterocycles. The van der Waals surface area contributed by atoms with E-state index in [0.29, 0.717) is 0 Å². The summed E-state index contributed by atoms with van der Waals surface area (Å²) in [6, 6.07) is 4.15. The average molecular weight is 272 g/mol. The van der Waals surface area contributed by atoms with Crippen molar-refractivity contribution in [1.29, 1.82) is 0 Å². The van der Waals surface area contributed by atoms with Crippen LogP contribution in [0.25, 0.3) is 0 Å². The quantitative estimate of drug-likeness (QED) is 0.505. The van der Waals surface area contributed by atoms with Gasteiger partial charge >= 0.3 is 11.7 Å². The highest BCUT2D eigenvalue weighted by Crippen LogP contribution is 2.34. The SMILES string of the molecule is C/C(=C/COc1c(Cl)cccc1[N+](=O)[O-])C(=O)O. The van der Waals surface area contributed by atoms with Crippen LogP contribution in [0.1, 0.15) is 6.92 Å². The van der Waals surface area contributed by atoms with E-state index < -0.39 is 10.9 Å². The molecule has 0 heterocycles. The fourth-order valence-electron chi connectivity index (χ4n) is 1.12. The molecule has 6 nitrogen and oxygen atoms in total. The molecule has 1 aromatic rings. The summed E-state index contributed by atoms with van der Waals surface area (Å²) < 4.78 is 5.14. The zero-order valence-electron chi connectivity index (χ0n) is 9.42. The summed E-state index contributed by atoms with van der Waals surface area (Å²) in [4.78, 5) is 20.6. The van der Waals surface area contributed by atoms with Gasteiger partial charge in [-0.25, -0.2) is 4.79 Å². The number of rotatable bonds is 5. The number of carbonyl (C=O) groups is 1. The first-order valence-electron chi connectivity index (χ1n) is 4.89. The zero-order valence-corrected chi connectivity index (χ0v) is 10.2. The zero-order chi connectivity index (χ0) is 13.7. The molecule has 7 heteroatoms. The van der Waals surface area contributed by atoms with Crippen molar-refractivity contribution in [3.05, 3.63) is 45.0 Å². The number of hydrogen-bond donors (Lipinski definition) is 1. The predicted molar refractivity (Wildman–Crippen MR) is 65.0 cm³/mol. The minimum atomic E-state index is -1.08. The van der Waals surface area contributed by atoms with Crippen LogP contribution in [0, 0.1) is 10.1 Å². The minimum Gasteiger partial charge on any atom is -0.482 e. The van der Waals surface area contributed by atoms with Gasteiger partial charge in [-0.1, -0.05) is 17.7 Å². The monoisotopic (exact) mass is 271 g/mol. The Morgan fingerprint density at radius 3 is 2.83 bits per heavy atom. The van der Waals surface area contributed by atoms with Gasteiger partial charge in [-0.2, -0.15) is 0 Å². The molecule has 0 aliphatic carbocycles. The van der Waals surface area contributed by atoms with Gasteiger partial charge in [0, 0.05) is 11.6 Å². The second-order valence-electron chi connectivity index (χ2n) is 3.35. The van der Waals surface area contributed by atoms with E-state index in [1.165, 1.54) is 31.2 Å². The Bertz CT molecular complexity index is 512. The van der Waals surface area contributed by atoms with Crippen molar-refractivity contribution in [3.8, 4) is 5.75 Å². The number of ether oxygens (including phenoxy) is 1. The number of hydrogen-bond acceptors (Lipinski definition) is 4.